The highest BCUT2D eigenvalue weighted by molar-refractivity contribution is 7.92. The zero-order valence-electron chi connectivity index (χ0n) is 21.7. The van der Waals surface area contributed by atoms with Gasteiger partial charge in [0.05, 0.1) is 67.3 Å². The van der Waals surface area contributed by atoms with Crippen molar-refractivity contribution in [3.05, 3.63) is 66.2 Å². The molecule has 4 aromatic rings. The van der Waals surface area contributed by atoms with Crippen molar-refractivity contribution in [1.82, 2.24) is 9.97 Å². The molecule has 3 aromatic carbocycles. The first kappa shape index (κ1) is 28.4. The van der Waals surface area contributed by atoms with E-state index < -0.39 is 10.0 Å². The summed E-state index contributed by atoms with van der Waals surface area (Å²) < 4.78 is 51.1. The van der Waals surface area contributed by atoms with Gasteiger partial charge in [0.1, 0.15) is 12.4 Å². The lowest BCUT2D eigenvalue weighted by Gasteiger charge is -2.19. The van der Waals surface area contributed by atoms with Crippen LogP contribution in [0.25, 0.3) is 11.0 Å². The van der Waals surface area contributed by atoms with Gasteiger partial charge in [-0.15, -0.1) is 0 Å². The number of anilines is 3. The minimum Gasteiger partial charge on any atom is -0.497 e. The Kier molecular flexibility index (Phi) is 9.18. The summed E-state index contributed by atoms with van der Waals surface area (Å²) in [6.07, 6.45) is 0. The molecule has 0 unspecified atom stereocenters. The average Bonchev–Trinajstić information content (AvgIpc) is 2.97. The van der Waals surface area contributed by atoms with Crippen LogP contribution in [0.15, 0.2) is 65.6 Å². The molecule has 208 valence electrons. The maximum Gasteiger partial charge on any atom is 0.263 e. The Morgan fingerprint density at radius 2 is 1.62 bits per heavy atom. The van der Waals surface area contributed by atoms with Gasteiger partial charge in [0.25, 0.3) is 10.0 Å². The number of methoxy groups -OCH3 is 2. The Balaban J connectivity index is 1.75. The van der Waals surface area contributed by atoms with E-state index in [9.17, 15) is 8.42 Å². The molecule has 40 heavy (non-hydrogen) atoms. The molecule has 3 N–H and O–H groups in total. The minimum absolute atomic E-state index is 0.0534. The number of para-hydroxylation sites is 2. The van der Waals surface area contributed by atoms with Crippen molar-refractivity contribution in [2.45, 2.75) is 4.90 Å². The summed E-state index contributed by atoms with van der Waals surface area (Å²) in [5.41, 5.74) is 1.67. The number of aliphatic hydroxyl groups is 1. The maximum atomic E-state index is 13.3. The average molecular weight is 566 g/mol. The number of aromatic nitrogens is 2. The topological polar surface area (TPSA) is 165 Å². The van der Waals surface area contributed by atoms with Crippen LogP contribution in [0.4, 0.5) is 17.3 Å². The Morgan fingerprint density at radius 1 is 0.925 bits per heavy atom. The van der Waals surface area contributed by atoms with Gasteiger partial charge in [0.15, 0.2) is 23.1 Å². The molecule has 0 fully saturated rings. The first-order valence-electron chi connectivity index (χ1n) is 12.0. The van der Waals surface area contributed by atoms with Crippen molar-refractivity contribution in [2.75, 3.05) is 50.7 Å². The van der Waals surface area contributed by atoms with Crippen LogP contribution in [0.3, 0.4) is 0 Å². The predicted molar refractivity (Wildman–Crippen MR) is 148 cm³/mol. The summed E-state index contributed by atoms with van der Waals surface area (Å²) in [6, 6.07) is 17.7. The third-order valence-corrected chi connectivity index (χ3v) is 6.90. The molecular formula is C27H27N5O7S. The lowest BCUT2D eigenvalue weighted by molar-refractivity contribution is 0.0700. The molecule has 0 radical (unpaired) electrons. The van der Waals surface area contributed by atoms with Gasteiger partial charge in [0, 0.05) is 12.1 Å². The van der Waals surface area contributed by atoms with E-state index in [4.69, 9.17) is 29.3 Å². The maximum absolute atomic E-state index is 13.3. The second-order valence-corrected chi connectivity index (χ2v) is 9.85. The van der Waals surface area contributed by atoms with E-state index in [1.54, 1.807) is 36.4 Å². The van der Waals surface area contributed by atoms with Crippen LogP contribution in [0.1, 0.15) is 5.56 Å². The standard InChI is InChI=1S/C27H27N5O7S/c1-36-19-15-23(25(24(16-19)37-2)39-14-13-38-12-11-33)31-26-27(30-22-6-4-3-5-21(22)29-26)32-40(34,35)20-9-7-18(17-28)8-10-20/h3-10,15-16,33H,11-14H2,1-2H3,(H,29,31)(H,30,32). The van der Waals surface area contributed by atoms with Crippen molar-refractivity contribution in [3.8, 4) is 23.3 Å². The lowest BCUT2D eigenvalue weighted by atomic mass is 10.2. The fourth-order valence-corrected chi connectivity index (χ4v) is 4.65. The molecule has 0 aliphatic rings. The van der Waals surface area contributed by atoms with Gasteiger partial charge in [-0.3, -0.25) is 4.72 Å². The number of ether oxygens (including phenoxy) is 4. The number of rotatable bonds is 13. The first-order valence-corrected chi connectivity index (χ1v) is 13.5. The summed E-state index contributed by atoms with van der Waals surface area (Å²) in [7, 11) is -1.13. The van der Waals surface area contributed by atoms with E-state index in [0.29, 0.717) is 39.5 Å². The number of hydrogen-bond donors (Lipinski definition) is 3. The third kappa shape index (κ3) is 6.67. The summed E-state index contributed by atoms with van der Waals surface area (Å²) in [5.74, 6) is 1.11. The Hall–Kier alpha value is -4.64. The van der Waals surface area contributed by atoms with Crippen molar-refractivity contribution in [2.24, 2.45) is 0 Å². The number of hydrogen-bond acceptors (Lipinski definition) is 11. The van der Waals surface area contributed by atoms with Gasteiger partial charge >= 0.3 is 0 Å². The molecule has 0 saturated carbocycles. The van der Waals surface area contributed by atoms with Gasteiger partial charge < -0.3 is 29.4 Å². The molecule has 1 aromatic heterocycles. The highest BCUT2D eigenvalue weighted by atomic mass is 32.2. The summed E-state index contributed by atoms with van der Waals surface area (Å²) in [5, 5.41) is 21.1. The van der Waals surface area contributed by atoms with Gasteiger partial charge in [-0.1, -0.05) is 12.1 Å². The van der Waals surface area contributed by atoms with Crippen LogP contribution in [-0.2, 0) is 14.8 Å². The van der Waals surface area contributed by atoms with Crippen molar-refractivity contribution in [1.29, 1.82) is 5.26 Å². The molecule has 1 heterocycles. The smallest absolute Gasteiger partial charge is 0.263 e. The van der Waals surface area contributed by atoms with E-state index in [2.05, 4.69) is 20.0 Å². The Labute approximate surface area is 231 Å². The zero-order chi connectivity index (χ0) is 28.5. The minimum atomic E-state index is -4.10. The molecule has 0 amide bonds. The molecule has 0 aliphatic heterocycles. The molecule has 12 nitrogen and oxygen atoms in total. The lowest BCUT2D eigenvalue weighted by Crippen LogP contribution is -2.16. The summed E-state index contributed by atoms with van der Waals surface area (Å²) in [6.45, 7) is 0.406. The fraction of sp³-hybridized carbons (Fsp3) is 0.222. The predicted octanol–water partition coefficient (Wildman–Crippen LogP) is 3.45. The van der Waals surface area contributed by atoms with Gasteiger partial charge in [-0.25, -0.2) is 18.4 Å². The van der Waals surface area contributed by atoms with Gasteiger partial charge in [0.2, 0.25) is 0 Å². The quantitative estimate of drug-likeness (QED) is 0.203. The first-order chi connectivity index (χ1) is 19.4. The van der Waals surface area contributed by atoms with Gasteiger partial charge in [-0.2, -0.15) is 5.26 Å². The highest BCUT2D eigenvalue weighted by Gasteiger charge is 2.21. The van der Waals surface area contributed by atoms with E-state index in [1.165, 1.54) is 38.5 Å². The number of nitrogens with one attached hydrogen (secondary N) is 2. The SMILES string of the molecule is COc1cc(Nc2nc3ccccc3nc2NS(=O)(=O)c2ccc(C#N)cc2)c(OCCOCCO)c(OC)c1. The Morgan fingerprint density at radius 3 is 2.25 bits per heavy atom. The zero-order valence-corrected chi connectivity index (χ0v) is 22.6. The van der Waals surface area contributed by atoms with E-state index in [1.807, 2.05) is 6.07 Å². The molecular weight excluding hydrogens is 538 g/mol. The molecule has 0 atom stereocenters. The Bertz CT molecular complexity index is 1620. The molecule has 0 bridgehead atoms. The fourth-order valence-electron chi connectivity index (χ4n) is 3.64. The van der Waals surface area contributed by atoms with E-state index >= 15 is 0 Å². The number of fused-ring (bicyclic) bond motifs is 1. The van der Waals surface area contributed by atoms with Crippen LogP contribution >= 0.6 is 0 Å². The van der Waals surface area contributed by atoms with Crippen molar-refractivity contribution >= 4 is 38.4 Å². The monoisotopic (exact) mass is 565 g/mol. The number of sulfonamides is 1. The molecule has 0 aliphatic carbocycles. The van der Waals surface area contributed by atoms with E-state index in [-0.39, 0.29) is 43.0 Å². The molecule has 4 rings (SSSR count). The number of nitriles is 1. The second kappa shape index (κ2) is 12.9. The number of nitrogens with zero attached hydrogens (tertiary/aromatic N) is 3. The molecule has 0 saturated heterocycles. The largest absolute Gasteiger partial charge is 0.497 e. The van der Waals surface area contributed by atoms with Crippen molar-refractivity contribution in [3.63, 3.8) is 0 Å². The van der Waals surface area contributed by atoms with E-state index in [0.717, 1.165) is 0 Å². The summed E-state index contributed by atoms with van der Waals surface area (Å²) >= 11 is 0. The molecule has 13 heteroatoms. The molecule has 0 spiro atoms. The van der Waals surface area contributed by atoms with Gasteiger partial charge in [-0.05, 0) is 36.4 Å². The van der Waals surface area contributed by atoms with Crippen LogP contribution < -0.4 is 24.2 Å². The van der Waals surface area contributed by atoms with Crippen LogP contribution in [0.5, 0.6) is 17.2 Å². The summed E-state index contributed by atoms with van der Waals surface area (Å²) in [4.78, 5) is 9.07. The second-order valence-electron chi connectivity index (χ2n) is 8.17. The van der Waals surface area contributed by atoms with Crippen LogP contribution in [-0.4, -0.2) is 64.1 Å². The van der Waals surface area contributed by atoms with Crippen LogP contribution in [0.2, 0.25) is 0 Å². The number of aliphatic hydroxyl groups excluding tert-OH is 1. The van der Waals surface area contributed by atoms with Crippen LogP contribution in [0, 0.1) is 11.3 Å². The normalized spacial score (nSPS) is 11.1. The highest BCUT2D eigenvalue weighted by Crippen LogP contribution is 2.41. The van der Waals surface area contributed by atoms with Crippen molar-refractivity contribution < 1.29 is 32.5 Å². The third-order valence-electron chi connectivity index (χ3n) is 5.54. The number of benzene rings is 3.